The summed E-state index contributed by atoms with van der Waals surface area (Å²) in [6, 6.07) is 8.79. The van der Waals surface area contributed by atoms with Crippen LogP contribution in [0.1, 0.15) is 23.1 Å². The molecule has 27 heavy (non-hydrogen) atoms. The monoisotopic (exact) mass is 388 g/mol. The number of nitrogens with zero attached hydrogens (tertiary/aromatic N) is 1. The SMILES string of the molecule is COc1cc(C)c(C[C@@H](N)C(=O)N2CCCc3cc(OC)ccc32)c(Cl)c1. The second-order valence-corrected chi connectivity index (χ2v) is 7.21. The minimum Gasteiger partial charge on any atom is -0.497 e. The summed E-state index contributed by atoms with van der Waals surface area (Å²) in [6.07, 6.45) is 2.21. The molecule has 0 radical (unpaired) electrons. The molecule has 0 aromatic heterocycles. The summed E-state index contributed by atoms with van der Waals surface area (Å²) in [6.45, 7) is 2.62. The number of benzene rings is 2. The molecule has 1 aliphatic rings. The number of fused-ring (bicyclic) bond motifs is 1. The lowest BCUT2D eigenvalue weighted by atomic mass is 9.97. The zero-order chi connectivity index (χ0) is 19.6. The van der Waals surface area contributed by atoms with E-state index in [4.69, 9.17) is 26.8 Å². The number of halogens is 1. The van der Waals surface area contributed by atoms with E-state index in [1.54, 1.807) is 25.2 Å². The van der Waals surface area contributed by atoms with E-state index < -0.39 is 6.04 Å². The molecule has 2 N–H and O–H groups in total. The number of hydrogen-bond acceptors (Lipinski definition) is 4. The van der Waals surface area contributed by atoms with Gasteiger partial charge in [0.25, 0.3) is 0 Å². The van der Waals surface area contributed by atoms with Crippen molar-refractivity contribution in [2.24, 2.45) is 5.73 Å². The van der Waals surface area contributed by atoms with Crippen molar-refractivity contribution in [3.8, 4) is 11.5 Å². The number of amides is 1. The van der Waals surface area contributed by atoms with Crippen LogP contribution < -0.4 is 20.1 Å². The van der Waals surface area contributed by atoms with Gasteiger partial charge < -0.3 is 20.1 Å². The van der Waals surface area contributed by atoms with Crippen LogP contribution >= 0.6 is 11.6 Å². The zero-order valence-corrected chi connectivity index (χ0v) is 16.7. The molecule has 0 saturated heterocycles. The second kappa shape index (κ2) is 8.19. The van der Waals surface area contributed by atoms with E-state index in [1.807, 2.05) is 31.2 Å². The molecule has 0 unspecified atom stereocenters. The van der Waals surface area contributed by atoms with Gasteiger partial charge in [-0.15, -0.1) is 0 Å². The molecule has 1 atom stereocenters. The first-order chi connectivity index (χ1) is 12.9. The Morgan fingerprint density at radius 2 is 1.96 bits per heavy atom. The average molecular weight is 389 g/mol. The molecule has 144 valence electrons. The van der Waals surface area contributed by atoms with Gasteiger partial charge in [0.2, 0.25) is 5.91 Å². The van der Waals surface area contributed by atoms with Crippen molar-refractivity contribution in [2.45, 2.75) is 32.2 Å². The highest BCUT2D eigenvalue weighted by Crippen LogP contribution is 2.32. The van der Waals surface area contributed by atoms with Crippen LogP contribution in [0.25, 0.3) is 0 Å². The molecule has 0 spiro atoms. The maximum atomic E-state index is 13.1. The molecule has 1 heterocycles. The summed E-state index contributed by atoms with van der Waals surface area (Å²) >= 11 is 6.39. The molecule has 0 bridgehead atoms. The third-order valence-corrected chi connectivity index (χ3v) is 5.38. The molecular formula is C21H25ClN2O3. The molecule has 2 aromatic rings. The Labute approximate surface area is 165 Å². The van der Waals surface area contributed by atoms with Crippen molar-refractivity contribution in [1.82, 2.24) is 0 Å². The number of anilines is 1. The van der Waals surface area contributed by atoms with Crippen LogP contribution in [0.3, 0.4) is 0 Å². The lowest BCUT2D eigenvalue weighted by molar-refractivity contribution is -0.119. The third kappa shape index (κ3) is 4.04. The minimum atomic E-state index is -0.664. The Balaban J connectivity index is 1.81. The highest BCUT2D eigenvalue weighted by atomic mass is 35.5. The van der Waals surface area contributed by atoms with Crippen LogP contribution in [0.4, 0.5) is 5.69 Å². The lowest BCUT2D eigenvalue weighted by Gasteiger charge is -2.32. The summed E-state index contributed by atoms with van der Waals surface area (Å²) < 4.78 is 10.5. The van der Waals surface area contributed by atoms with Crippen LogP contribution in [0.2, 0.25) is 5.02 Å². The van der Waals surface area contributed by atoms with Gasteiger partial charge >= 0.3 is 0 Å². The largest absolute Gasteiger partial charge is 0.497 e. The first kappa shape index (κ1) is 19.5. The number of carbonyl (C=O) groups excluding carboxylic acids is 1. The standard InChI is InChI=1S/C21H25ClN2O3/c1-13-9-16(27-3)11-18(22)17(13)12-19(23)21(25)24-8-4-5-14-10-15(26-2)6-7-20(14)24/h6-7,9-11,19H,4-5,8,12,23H2,1-3H3/t19-/m1/s1. The Morgan fingerprint density at radius 1 is 1.22 bits per heavy atom. The fraction of sp³-hybridized carbons (Fsp3) is 0.381. The van der Waals surface area contributed by atoms with Crippen molar-refractivity contribution in [3.63, 3.8) is 0 Å². The minimum absolute atomic E-state index is 0.0904. The number of methoxy groups -OCH3 is 2. The van der Waals surface area contributed by atoms with Crippen LogP contribution in [0.5, 0.6) is 11.5 Å². The van der Waals surface area contributed by atoms with Gasteiger partial charge in [0, 0.05) is 17.3 Å². The molecule has 1 aliphatic heterocycles. The molecule has 0 saturated carbocycles. The highest BCUT2D eigenvalue weighted by Gasteiger charge is 2.28. The number of hydrogen-bond donors (Lipinski definition) is 1. The number of carbonyl (C=O) groups is 1. The maximum absolute atomic E-state index is 13.1. The van der Waals surface area contributed by atoms with Crippen molar-refractivity contribution in [2.75, 3.05) is 25.7 Å². The summed E-state index contributed by atoms with van der Waals surface area (Å²) in [7, 11) is 3.24. The van der Waals surface area contributed by atoms with Crippen molar-refractivity contribution >= 4 is 23.2 Å². The number of ether oxygens (including phenoxy) is 2. The Bertz CT molecular complexity index is 830. The molecule has 3 rings (SSSR count). The van der Waals surface area contributed by atoms with E-state index in [0.29, 0.717) is 23.7 Å². The third-order valence-electron chi connectivity index (χ3n) is 5.04. The summed E-state index contributed by atoms with van der Waals surface area (Å²) in [5.41, 5.74) is 10.2. The second-order valence-electron chi connectivity index (χ2n) is 6.80. The van der Waals surface area contributed by atoms with E-state index in [1.165, 1.54) is 0 Å². The molecule has 0 fully saturated rings. The molecular weight excluding hydrogens is 364 g/mol. The van der Waals surface area contributed by atoms with E-state index >= 15 is 0 Å². The van der Waals surface area contributed by atoms with Gasteiger partial charge in [0.1, 0.15) is 11.5 Å². The number of rotatable bonds is 5. The van der Waals surface area contributed by atoms with Crippen LogP contribution in [-0.4, -0.2) is 32.7 Å². The topological polar surface area (TPSA) is 64.8 Å². The maximum Gasteiger partial charge on any atom is 0.244 e. The van der Waals surface area contributed by atoms with Crippen molar-refractivity contribution in [1.29, 1.82) is 0 Å². The molecule has 6 heteroatoms. The zero-order valence-electron chi connectivity index (χ0n) is 15.9. The Hall–Kier alpha value is -2.24. The lowest BCUT2D eigenvalue weighted by Crippen LogP contribution is -2.47. The van der Waals surface area contributed by atoms with Gasteiger partial charge in [-0.2, -0.15) is 0 Å². The fourth-order valence-electron chi connectivity index (χ4n) is 3.56. The van der Waals surface area contributed by atoms with Crippen LogP contribution in [-0.2, 0) is 17.6 Å². The number of aryl methyl sites for hydroxylation is 2. The summed E-state index contributed by atoms with van der Waals surface area (Å²) in [5, 5.41) is 0.568. The fourth-order valence-corrected chi connectivity index (χ4v) is 3.89. The van der Waals surface area contributed by atoms with Gasteiger partial charge in [-0.25, -0.2) is 0 Å². The highest BCUT2D eigenvalue weighted by molar-refractivity contribution is 6.31. The normalized spacial score (nSPS) is 14.5. The quantitative estimate of drug-likeness (QED) is 0.851. The summed E-state index contributed by atoms with van der Waals surface area (Å²) in [5.74, 6) is 1.40. The first-order valence-corrected chi connectivity index (χ1v) is 9.39. The van der Waals surface area contributed by atoms with E-state index in [9.17, 15) is 4.79 Å². The van der Waals surface area contributed by atoms with Gasteiger partial charge in [0.15, 0.2) is 0 Å². The van der Waals surface area contributed by atoms with Crippen molar-refractivity contribution in [3.05, 3.63) is 52.0 Å². The average Bonchev–Trinajstić information content (AvgIpc) is 2.68. The molecule has 5 nitrogen and oxygen atoms in total. The van der Waals surface area contributed by atoms with Gasteiger partial charge in [-0.05, 0) is 73.2 Å². The smallest absolute Gasteiger partial charge is 0.244 e. The van der Waals surface area contributed by atoms with E-state index in [-0.39, 0.29) is 5.91 Å². The molecule has 2 aromatic carbocycles. The molecule has 0 aliphatic carbocycles. The Kier molecular flexibility index (Phi) is 5.92. The predicted molar refractivity (Wildman–Crippen MR) is 108 cm³/mol. The predicted octanol–water partition coefficient (Wildman–Crippen LogP) is 3.51. The van der Waals surface area contributed by atoms with Gasteiger partial charge in [-0.1, -0.05) is 11.6 Å². The van der Waals surface area contributed by atoms with Crippen molar-refractivity contribution < 1.29 is 14.3 Å². The van der Waals surface area contributed by atoms with Crippen LogP contribution in [0, 0.1) is 6.92 Å². The number of nitrogens with two attached hydrogens (primary N) is 1. The van der Waals surface area contributed by atoms with Gasteiger partial charge in [0.05, 0.1) is 20.3 Å². The van der Waals surface area contributed by atoms with Crippen LogP contribution in [0.15, 0.2) is 30.3 Å². The Morgan fingerprint density at radius 3 is 2.63 bits per heavy atom. The van der Waals surface area contributed by atoms with E-state index in [0.717, 1.165) is 41.0 Å². The first-order valence-electron chi connectivity index (χ1n) is 9.01. The van der Waals surface area contributed by atoms with Gasteiger partial charge in [-0.3, -0.25) is 4.79 Å². The molecule has 1 amide bonds. The summed E-state index contributed by atoms with van der Waals surface area (Å²) in [4.78, 5) is 14.9. The van der Waals surface area contributed by atoms with E-state index in [2.05, 4.69) is 0 Å².